The Morgan fingerprint density at radius 1 is 1.37 bits per heavy atom. The van der Waals surface area contributed by atoms with Crippen molar-refractivity contribution in [1.29, 1.82) is 0 Å². The lowest BCUT2D eigenvalue weighted by Crippen LogP contribution is -2.43. The van der Waals surface area contributed by atoms with E-state index >= 15 is 0 Å². The topological polar surface area (TPSA) is 55.1 Å². The first kappa shape index (κ1) is 15.4. The molecule has 7 heteroatoms. The maximum atomic E-state index is 13.4. The molecule has 1 amide bonds. The number of halogens is 3. The van der Waals surface area contributed by atoms with E-state index in [1.54, 1.807) is 0 Å². The predicted octanol–water partition coefficient (Wildman–Crippen LogP) is 2.29. The third kappa shape index (κ3) is 3.66. The van der Waals surface area contributed by atoms with E-state index < -0.39 is 35.0 Å². The zero-order valence-electron chi connectivity index (χ0n) is 10.2. The van der Waals surface area contributed by atoms with E-state index in [0.717, 1.165) is 6.07 Å². The largest absolute Gasteiger partial charge is 0.392 e. The molecule has 1 aromatic rings. The van der Waals surface area contributed by atoms with Crippen LogP contribution in [-0.2, 0) is 0 Å². The van der Waals surface area contributed by atoms with Gasteiger partial charge in [0.2, 0.25) is 0 Å². The van der Waals surface area contributed by atoms with Crippen LogP contribution in [0.5, 0.6) is 0 Å². The van der Waals surface area contributed by atoms with Gasteiger partial charge >= 0.3 is 0 Å². The van der Waals surface area contributed by atoms with Gasteiger partial charge in [-0.05, 0) is 18.6 Å². The van der Waals surface area contributed by atoms with Crippen LogP contribution >= 0.6 is 12.2 Å². The van der Waals surface area contributed by atoms with Crippen molar-refractivity contribution in [3.8, 4) is 0 Å². The lowest BCUT2D eigenvalue weighted by Gasteiger charge is -2.16. The summed E-state index contributed by atoms with van der Waals surface area (Å²) >= 11 is 4.77. The van der Waals surface area contributed by atoms with Crippen LogP contribution in [0.4, 0.5) is 13.2 Å². The van der Waals surface area contributed by atoms with Crippen molar-refractivity contribution in [2.75, 3.05) is 0 Å². The minimum atomic E-state index is -1.69. The second kappa shape index (κ2) is 6.51. The minimum absolute atomic E-state index is 0.0539. The Morgan fingerprint density at radius 2 is 2.00 bits per heavy atom. The molecule has 0 aliphatic rings. The highest BCUT2D eigenvalue weighted by atomic mass is 32.1. The molecule has 104 valence electrons. The Kier molecular flexibility index (Phi) is 5.29. The Bertz CT molecular complexity index is 508. The second-order valence-electron chi connectivity index (χ2n) is 3.94. The van der Waals surface area contributed by atoms with Crippen LogP contribution in [0.15, 0.2) is 12.1 Å². The van der Waals surface area contributed by atoms with Crippen molar-refractivity contribution in [2.24, 2.45) is 5.73 Å². The molecular formula is C12H13F3N2OS. The molecule has 1 unspecified atom stereocenters. The summed E-state index contributed by atoms with van der Waals surface area (Å²) in [4.78, 5) is 11.8. The molecule has 1 atom stereocenters. The second-order valence-corrected chi connectivity index (χ2v) is 4.41. The van der Waals surface area contributed by atoms with E-state index in [0.29, 0.717) is 18.9 Å². The van der Waals surface area contributed by atoms with Crippen molar-refractivity contribution in [1.82, 2.24) is 5.32 Å². The SMILES string of the molecule is CCCC(NC(=O)c1ccc(F)c(F)c1F)C(N)=S. The molecule has 0 saturated heterocycles. The van der Waals surface area contributed by atoms with Gasteiger partial charge in [-0.1, -0.05) is 25.6 Å². The first-order valence-electron chi connectivity index (χ1n) is 5.62. The molecule has 3 N–H and O–H groups in total. The standard InChI is InChI=1S/C12H13F3N2OS/c1-2-3-8(11(16)19)17-12(18)6-4-5-7(13)10(15)9(6)14/h4-5,8H,2-3H2,1H3,(H2,16,19)(H,17,18). The lowest BCUT2D eigenvalue weighted by atomic mass is 10.1. The third-order valence-corrected chi connectivity index (χ3v) is 2.79. The van der Waals surface area contributed by atoms with Crippen LogP contribution < -0.4 is 11.1 Å². The molecule has 0 bridgehead atoms. The summed E-state index contributed by atoms with van der Waals surface area (Å²) in [5.41, 5.74) is 4.84. The fraction of sp³-hybridized carbons (Fsp3) is 0.333. The van der Waals surface area contributed by atoms with Crippen LogP contribution in [-0.4, -0.2) is 16.9 Å². The number of benzene rings is 1. The van der Waals surface area contributed by atoms with Gasteiger partial charge in [0.1, 0.15) is 0 Å². The number of nitrogens with two attached hydrogens (primary N) is 1. The van der Waals surface area contributed by atoms with Crippen molar-refractivity contribution < 1.29 is 18.0 Å². The number of amides is 1. The van der Waals surface area contributed by atoms with E-state index in [4.69, 9.17) is 18.0 Å². The summed E-state index contributed by atoms with van der Waals surface area (Å²) in [5, 5.41) is 2.39. The van der Waals surface area contributed by atoms with Gasteiger partial charge in [0.15, 0.2) is 17.5 Å². The Hall–Kier alpha value is -1.63. The number of thiocarbonyl (C=S) groups is 1. The van der Waals surface area contributed by atoms with Gasteiger partial charge < -0.3 is 11.1 Å². The number of hydrogen-bond acceptors (Lipinski definition) is 2. The third-order valence-electron chi connectivity index (χ3n) is 2.51. The van der Waals surface area contributed by atoms with Gasteiger partial charge in [-0.3, -0.25) is 4.79 Å². The van der Waals surface area contributed by atoms with E-state index in [9.17, 15) is 18.0 Å². The predicted molar refractivity (Wildman–Crippen MR) is 69.3 cm³/mol. The molecule has 1 aromatic carbocycles. The van der Waals surface area contributed by atoms with Gasteiger partial charge in [-0.15, -0.1) is 0 Å². The van der Waals surface area contributed by atoms with E-state index in [1.165, 1.54) is 0 Å². The smallest absolute Gasteiger partial charge is 0.254 e. The highest BCUT2D eigenvalue weighted by Crippen LogP contribution is 2.15. The van der Waals surface area contributed by atoms with Crippen LogP contribution in [0.3, 0.4) is 0 Å². The maximum absolute atomic E-state index is 13.4. The number of rotatable bonds is 5. The van der Waals surface area contributed by atoms with Gasteiger partial charge in [0, 0.05) is 0 Å². The van der Waals surface area contributed by atoms with Crippen molar-refractivity contribution in [3.63, 3.8) is 0 Å². The summed E-state index contributed by atoms with van der Waals surface area (Å²) in [5.74, 6) is -5.46. The molecule has 0 aliphatic heterocycles. The monoisotopic (exact) mass is 290 g/mol. The molecule has 0 saturated carbocycles. The number of carbonyl (C=O) groups excluding carboxylic acids is 1. The van der Waals surface area contributed by atoms with Crippen LogP contribution in [0.2, 0.25) is 0 Å². The first-order chi connectivity index (χ1) is 8.88. The normalized spacial score (nSPS) is 12.0. The van der Waals surface area contributed by atoms with Gasteiger partial charge in [0.05, 0.1) is 16.6 Å². The molecule has 0 spiro atoms. The van der Waals surface area contributed by atoms with Gasteiger partial charge in [-0.25, -0.2) is 13.2 Å². The van der Waals surface area contributed by atoms with Crippen LogP contribution in [0.25, 0.3) is 0 Å². The molecule has 0 heterocycles. The molecule has 0 aromatic heterocycles. The van der Waals surface area contributed by atoms with E-state index in [2.05, 4.69) is 5.32 Å². The average Bonchev–Trinajstić information content (AvgIpc) is 2.35. The molecule has 1 rings (SSSR count). The Balaban J connectivity index is 2.95. The van der Waals surface area contributed by atoms with E-state index in [-0.39, 0.29) is 4.99 Å². The lowest BCUT2D eigenvalue weighted by molar-refractivity contribution is 0.0940. The number of hydrogen-bond donors (Lipinski definition) is 2. The average molecular weight is 290 g/mol. The highest BCUT2D eigenvalue weighted by molar-refractivity contribution is 7.80. The highest BCUT2D eigenvalue weighted by Gasteiger charge is 2.21. The molecule has 19 heavy (non-hydrogen) atoms. The molecule has 3 nitrogen and oxygen atoms in total. The maximum Gasteiger partial charge on any atom is 0.254 e. The fourth-order valence-corrected chi connectivity index (χ4v) is 1.69. The van der Waals surface area contributed by atoms with Gasteiger partial charge in [0.25, 0.3) is 5.91 Å². The van der Waals surface area contributed by atoms with Crippen LogP contribution in [0.1, 0.15) is 30.1 Å². The summed E-state index contributed by atoms with van der Waals surface area (Å²) in [6.07, 6.45) is 1.18. The number of nitrogens with one attached hydrogen (secondary N) is 1. The summed E-state index contributed by atoms with van der Waals surface area (Å²) in [7, 11) is 0. The van der Waals surface area contributed by atoms with Crippen molar-refractivity contribution in [2.45, 2.75) is 25.8 Å². The van der Waals surface area contributed by atoms with Crippen molar-refractivity contribution in [3.05, 3.63) is 35.1 Å². The minimum Gasteiger partial charge on any atom is -0.392 e. The van der Waals surface area contributed by atoms with Crippen molar-refractivity contribution >= 4 is 23.1 Å². The number of carbonyl (C=O) groups is 1. The van der Waals surface area contributed by atoms with Gasteiger partial charge in [-0.2, -0.15) is 0 Å². The molecule has 0 aliphatic carbocycles. The molecule has 0 radical (unpaired) electrons. The molecule has 0 fully saturated rings. The summed E-state index contributed by atoms with van der Waals surface area (Å²) in [6, 6.07) is 0.939. The van der Waals surface area contributed by atoms with E-state index in [1.807, 2.05) is 6.92 Å². The zero-order chi connectivity index (χ0) is 14.6. The Labute approximate surface area is 114 Å². The first-order valence-corrected chi connectivity index (χ1v) is 6.03. The molecular weight excluding hydrogens is 277 g/mol. The summed E-state index contributed by atoms with van der Waals surface area (Å²) < 4.78 is 39.2. The Morgan fingerprint density at radius 3 is 2.53 bits per heavy atom. The zero-order valence-corrected chi connectivity index (χ0v) is 11.0. The fourth-order valence-electron chi connectivity index (χ4n) is 1.51. The summed E-state index contributed by atoms with van der Waals surface area (Å²) in [6.45, 7) is 1.86. The van der Waals surface area contributed by atoms with Crippen LogP contribution in [0, 0.1) is 17.5 Å². The quantitative estimate of drug-likeness (QED) is 0.646.